The Morgan fingerprint density at radius 2 is 1.97 bits per heavy atom. The van der Waals surface area contributed by atoms with Gasteiger partial charge in [-0.1, -0.05) is 0 Å². The normalized spacial score (nSPS) is 17.7. The van der Waals surface area contributed by atoms with Gasteiger partial charge in [0, 0.05) is 18.5 Å². The van der Waals surface area contributed by atoms with Gasteiger partial charge in [-0.3, -0.25) is 9.78 Å². The number of rotatable bonds is 4. The molecule has 4 aromatic rings. The lowest BCUT2D eigenvalue weighted by molar-refractivity contribution is -0.137. The van der Waals surface area contributed by atoms with Crippen LogP contribution in [0.5, 0.6) is 5.88 Å². The van der Waals surface area contributed by atoms with Crippen LogP contribution in [-0.2, 0) is 6.18 Å². The summed E-state index contributed by atoms with van der Waals surface area (Å²) >= 11 is 0. The Labute approximate surface area is 190 Å². The van der Waals surface area contributed by atoms with Gasteiger partial charge in [-0.25, -0.2) is 23.5 Å². The smallest absolute Gasteiger partial charge is 0.417 e. The van der Waals surface area contributed by atoms with E-state index in [2.05, 4.69) is 25.1 Å². The lowest BCUT2D eigenvalue weighted by Gasteiger charge is -2.19. The van der Waals surface area contributed by atoms with Gasteiger partial charge in [0.05, 0.1) is 29.9 Å². The van der Waals surface area contributed by atoms with Crippen LogP contribution in [0.4, 0.5) is 27.6 Å². The third kappa shape index (κ3) is 4.17. The monoisotopic (exact) mass is 496 g/mol. The number of nitrogens with zero attached hydrogens (tertiary/aromatic N) is 6. The van der Waals surface area contributed by atoms with E-state index >= 15 is 0 Å². The predicted molar refractivity (Wildman–Crippen MR) is 108 cm³/mol. The van der Waals surface area contributed by atoms with E-state index in [0.717, 1.165) is 23.2 Å². The second kappa shape index (κ2) is 7.85. The van der Waals surface area contributed by atoms with Gasteiger partial charge in [0.2, 0.25) is 5.88 Å². The molecule has 2 N–H and O–H groups in total. The molecule has 5 heterocycles. The Morgan fingerprint density at radius 3 is 2.66 bits per heavy atom. The highest BCUT2D eigenvalue weighted by atomic mass is 19.4. The summed E-state index contributed by atoms with van der Waals surface area (Å²) in [5.74, 6) is -3.81. The van der Waals surface area contributed by atoms with Crippen molar-refractivity contribution >= 4 is 11.3 Å². The van der Waals surface area contributed by atoms with E-state index in [-0.39, 0.29) is 29.1 Å². The van der Waals surface area contributed by atoms with Crippen molar-refractivity contribution in [3.8, 4) is 17.1 Å². The molecule has 1 fully saturated rings. The number of aromatic amines is 2. The third-order valence-corrected chi connectivity index (χ3v) is 5.26. The number of hydrogen-bond acceptors (Lipinski definition) is 8. The highest BCUT2D eigenvalue weighted by Gasteiger charge is 2.51. The Balaban J connectivity index is 1.47. The van der Waals surface area contributed by atoms with Crippen LogP contribution in [-0.4, -0.2) is 59.9 Å². The van der Waals surface area contributed by atoms with E-state index in [1.54, 1.807) is 0 Å². The van der Waals surface area contributed by atoms with Crippen LogP contribution in [0.25, 0.3) is 16.9 Å². The van der Waals surface area contributed by atoms with Gasteiger partial charge >= 0.3 is 17.8 Å². The molecule has 0 aliphatic carbocycles. The van der Waals surface area contributed by atoms with Crippen molar-refractivity contribution in [3.63, 3.8) is 0 Å². The molecule has 35 heavy (non-hydrogen) atoms. The number of fused-ring (bicyclic) bond motifs is 1. The van der Waals surface area contributed by atoms with E-state index in [1.165, 1.54) is 11.0 Å². The number of hydrogen-bond donors (Lipinski definition) is 2. The maximum absolute atomic E-state index is 14.8. The number of anilines is 1. The predicted octanol–water partition coefficient (Wildman–Crippen LogP) is 1.48. The van der Waals surface area contributed by atoms with Gasteiger partial charge in [0.1, 0.15) is 12.0 Å². The Hall–Kier alpha value is -4.37. The molecule has 1 aliphatic heterocycles. The maximum atomic E-state index is 14.8. The minimum Gasteiger partial charge on any atom is -0.466 e. The standard InChI is InChI=1S/C19H13F5N8O3/c20-18(21)7-31(6-13(18)35-14-2-1-9(4-25-14)19(22,23)24)12-3-11(30-32-15(12)27-8-28-32)10-5-26-17(34)29-16(10)33/h1-5,8,13H,6-7H2,(H2,26,29,33,34). The highest BCUT2D eigenvalue weighted by Crippen LogP contribution is 2.36. The van der Waals surface area contributed by atoms with Gasteiger partial charge in [-0.15, -0.1) is 14.8 Å². The fraction of sp³-hybridized carbons (Fsp3) is 0.263. The summed E-state index contributed by atoms with van der Waals surface area (Å²) in [5, 5.41) is 8.03. The largest absolute Gasteiger partial charge is 0.466 e. The van der Waals surface area contributed by atoms with Crippen molar-refractivity contribution < 1.29 is 26.7 Å². The first-order valence-electron chi connectivity index (χ1n) is 9.87. The van der Waals surface area contributed by atoms with Gasteiger partial charge in [-0.05, 0) is 12.1 Å². The second-order valence-corrected chi connectivity index (χ2v) is 7.60. The summed E-state index contributed by atoms with van der Waals surface area (Å²) in [6.07, 6.45) is -3.62. The van der Waals surface area contributed by atoms with Crippen molar-refractivity contribution in [1.82, 2.24) is 34.8 Å². The lowest BCUT2D eigenvalue weighted by Crippen LogP contribution is -2.36. The summed E-state index contributed by atoms with van der Waals surface area (Å²) in [5.41, 5.74) is -2.31. The van der Waals surface area contributed by atoms with Crippen LogP contribution in [0.2, 0.25) is 0 Å². The molecular weight excluding hydrogens is 483 g/mol. The fourth-order valence-corrected chi connectivity index (χ4v) is 3.59. The molecule has 1 saturated heterocycles. The van der Waals surface area contributed by atoms with Crippen LogP contribution < -0.4 is 20.9 Å². The Kier molecular flexibility index (Phi) is 5.03. The maximum Gasteiger partial charge on any atom is 0.417 e. The summed E-state index contributed by atoms with van der Waals surface area (Å²) in [4.78, 5) is 36.6. The van der Waals surface area contributed by atoms with Gasteiger partial charge in [0.15, 0.2) is 11.8 Å². The SMILES string of the molecule is O=c1[nH]cc(-c2cc(N3CC(Oc4ccc(C(F)(F)F)cn4)C(F)(F)C3)c3ncnn3n2)c(=O)[nH]1. The van der Waals surface area contributed by atoms with Crippen LogP contribution in [0.15, 0.2) is 46.5 Å². The molecule has 0 radical (unpaired) electrons. The third-order valence-electron chi connectivity index (χ3n) is 5.26. The average molecular weight is 496 g/mol. The lowest BCUT2D eigenvalue weighted by atomic mass is 10.2. The summed E-state index contributed by atoms with van der Waals surface area (Å²) in [6, 6.07) is 2.89. The summed E-state index contributed by atoms with van der Waals surface area (Å²) < 4.78 is 74.1. The van der Waals surface area contributed by atoms with Crippen LogP contribution in [0, 0.1) is 0 Å². The number of ether oxygens (including phenoxy) is 1. The van der Waals surface area contributed by atoms with E-state index in [1.807, 2.05) is 4.98 Å². The first kappa shape index (κ1) is 22.4. The van der Waals surface area contributed by atoms with E-state index in [4.69, 9.17) is 4.74 Å². The molecule has 182 valence electrons. The van der Waals surface area contributed by atoms with Crippen molar-refractivity contribution in [2.75, 3.05) is 18.0 Å². The molecule has 0 aromatic carbocycles. The summed E-state index contributed by atoms with van der Waals surface area (Å²) in [7, 11) is 0. The first-order chi connectivity index (χ1) is 16.5. The number of aromatic nitrogens is 7. The number of H-pyrrole nitrogens is 2. The molecule has 1 aliphatic rings. The number of halogens is 5. The zero-order chi connectivity index (χ0) is 25.0. The number of alkyl halides is 5. The zero-order valence-electron chi connectivity index (χ0n) is 17.3. The average Bonchev–Trinajstić information content (AvgIpc) is 3.37. The van der Waals surface area contributed by atoms with E-state index in [0.29, 0.717) is 12.3 Å². The van der Waals surface area contributed by atoms with Crippen LogP contribution >= 0.6 is 0 Å². The summed E-state index contributed by atoms with van der Waals surface area (Å²) in [6.45, 7) is -1.21. The molecule has 0 spiro atoms. The number of nitrogens with one attached hydrogen (secondary N) is 2. The zero-order valence-corrected chi connectivity index (χ0v) is 17.3. The van der Waals surface area contributed by atoms with Crippen LogP contribution in [0.1, 0.15) is 5.56 Å². The van der Waals surface area contributed by atoms with Crippen molar-refractivity contribution in [2.45, 2.75) is 18.2 Å². The number of pyridine rings is 1. The molecule has 11 nitrogen and oxygen atoms in total. The van der Waals surface area contributed by atoms with Gasteiger partial charge < -0.3 is 14.6 Å². The van der Waals surface area contributed by atoms with Crippen molar-refractivity contribution in [1.29, 1.82) is 0 Å². The van der Waals surface area contributed by atoms with Gasteiger partial charge in [0.25, 0.3) is 5.56 Å². The van der Waals surface area contributed by atoms with Crippen LogP contribution in [0.3, 0.4) is 0 Å². The Bertz CT molecular complexity index is 1510. The minimum atomic E-state index is -4.63. The molecule has 0 saturated carbocycles. The van der Waals surface area contributed by atoms with Gasteiger partial charge in [-0.2, -0.15) is 13.2 Å². The minimum absolute atomic E-state index is 0.0209. The molecule has 0 amide bonds. The molecule has 16 heteroatoms. The molecule has 1 unspecified atom stereocenters. The first-order valence-corrected chi connectivity index (χ1v) is 9.87. The quantitative estimate of drug-likeness (QED) is 0.406. The molecular formula is C19H13F5N8O3. The fourth-order valence-electron chi connectivity index (χ4n) is 3.59. The topological polar surface area (TPSA) is 134 Å². The molecule has 0 bridgehead atoms. The van der Waals surface area contributed by atoms with Crippen molar-refractivity contribution in [3.05, 3.63) is 63.3 Å². The van der Waals surface area contributed by atoms with E-state index in [9.17, 15) is 31.5 Å². The Morgan fingerprint density at radius 1 is 1.17 bits per heavy atom. The molecule has 1 atom stereocenters. The second-order valence-electron chi connectivity index (χ2n) is 7.60. The molecule has 4 aromatic heterocycles. The molecule has 5 rings (SSSR count). The van der Waals surface area contributed by atoms with E-state index < -0.39 is 47.4 Å². The highest BCUT2D eigenvalue weighted by molar-refractivity contribution is 5.74. The van der Waals surface area contributed by atoms with Crippen molar-refractivity contribution in [2.24, 2.45) is 0 Å².